The van der Waals surface area contributed by atoms with Gasteiger partial charge in [0.05, 0.1) is 11.4 Å². The summed E-state index contributed by atoms with van der Waals surface area (Å²) < 4.78 is 40.6. The molecular formula is C22H20FN3O4S. The maximum absolute atomic E-state index is 13.2. The van der Waals surface area contributed by atoms with Crippen molar-refractivity contribution in [1.29, 1.82) is 0 Å². The molecule has 0 saturated heterocycles. The van der Waals surface area contributed by atoms with Crippen LogP contribution in [0.15, 0.2) is 83.8 Å². The Morgan fingerprint density at radius 3 is 2.19 bits per heavy atom. The molecule has 3 rings (SSSR count). The lowest BCUT2D eigenvalue weighted by molar-refractivity contribution is -0.116. The third-order valence-electron chi connectivity index (χ3n) is 4.27. The fourth-order valence-electron chi connectivity index (χ4n) is 2.77. The summed E-state index contributed by atoms with van der Waals surface area (Å²) in [5, 5.41) is 2.51. The Labute approximate surface area is 179 Å². The number of amides is 2. The Morgan fingerprint density at radius 2 is 1.55 bits per heavy atom. The second-order valence-electron chi connectivity index (χ2n) is 6.72. The van der Waals surface area contributed by atoms with E-state index in [1.165, 1.54) is 60.5 Å². The fraction of sp³-hybridized carbons (Fsp3) is 0.0909. The van der Waals surface area contributed by atoms with Gasteiger partial charge in [-0.25, -0.2) is 12.8 Å². The van der Waals surface area contributed by atoms with E-state index < -0.39 is 27.7 Å². The Balaban J connectivity index is 1.63. The molecule has 7 nitrogen and oxygen atoms in total. The van der Waals surface area contributed by atoms with Crippen molar-refractivity contribution in [3.05, 3.63) is 90.2 Å². The quantitative estimate of drug-likeness (QED) is 0.588. The van der Waals surface area contributed by atoms with E-state index in [1.54, 1.807) is 30.3 Å². The first-order valence-electron chi connectivity index (χ1n) is 9.23. The molecule has 2 amide bonds. The standard InChI is InChI=1S/C22H20FN3O4S/c1-26(15-21(27)24-19-9-5-6-17(23)14-19)22(28)16-10-12-20(13-11-16)31(29,30)25-18-7-3-2-4-8-18/h2-14,25H,15H2,1H3,(H,24,27). The van der Waals surface area contributed by atoms with Crippen molar-refractivity contribution >= 4 is 33.2 Å². The van der Waals surface area contributed by atoms with Crippen LogP contribution in [0, 0.1) is 5.82 Å². The summed E-state index contributed by atoms with van der Waals surface area (Å²) in [6, 6.07) is 19.2. The van der Waals surface area contributed by atoms with E-state index in [0.29, 0.717) is 5.69 Å². The zero-order chi connectivity index (χ0) is 22.4. The Bertz CT molecular complexity index is 1180. The van der Waals surface area contributed by atoms with Gasteiger partial charge in [-0.15, -0.1) is 0 Å². The molecule has 3 aromatic carbocycles. The van der Waals surface area contributed by atoms with Crippen LogP contribution in [0.4, 0.5) is 15.8 Å². The number of sulfonamides is 1. The summed E-state index contributed by atoms with van der Waals surface area (Å²) in [4.78, 5) is 25.9. The van der Waals surface area contributed by atoms with E-state index in [-0.39, 0.29) is 22.7 Å². The van der Waals surface area contributed by atoms with Gasteiger partial charge in [0.25, 0.3) is 15.9 Å². The largest absolute Gasteiger partial charge is 0.332 e. The van der Waals surface area contributed by atoms with E-state index >= 15 is 0 Å². The average Bonchev–Trinajstić information content (AvgIpc) is 2.73. The van der Waals surface area contributed by atoms with Crippen LogP contribution in [0.25, 0.3) is 0 Å². The Hall–Kier alpha value is -3.72. The van der Waals surface area contributed by atoms with Crippen molar-refractivity contribution in [1.82, 2.24) is 4.90 Å². The maximum Gasteiger partial charge on any atom is 0.261 e. The van der Waals surface area contributed by atoms with Crippen molar-refractivity contribution in [2.75, 3.05) is 23.6 Å². The van der Waals surface area contributed by atoms with Crippen molar-refractivity contribution in [3.63, 3.8) is 0 Å². The number of rotatable bonds is 7. The summed E-state index contributed by atoms with van der Waals surface area (Å²) in [7, 11) is -2.36. The van der Waals surface area contributed by atoms with Gasteiger partial charge in [0.15, 0.2) is 0 Å². The lowest BCUT2D eigenvalue weighted by Gasteiger charge is -2.17. The van der Waals surface area contributed by atoms with Gasteiger partial charge in [-0.1, -0.05) is 24.3 Å². The number of hydrogen-bond donors (Lipinski definition) is 2. The minimum absolute atomic E-state index is 0.000552. The fourth-order valence-corrected chi connectivity index (χ4v) is 3.83. The third-order valence-corrected chi connectivity index (χ3v) is 5.67. The summed E-state index contributed by atoms with van der Waals surface area (Å²) in [5.74, 6) is -1.44. The van der Waals surface area contributed by atoms with Crippen molar-refractivity contribution < 1.29 is 22.4 Å². The molecule has 9 heteroatoms. The predicted molar refractivity (Wildman–Crippen MR) is 116 cm³/mol. The first-order valence-corrected chi connectivity index (χ1v) is 10.7. The molecule has 160 valence electrons. The number of halogens is 1. The number of anilines is 2. The summed E-state index contributed by atoms with van der Waals surface area (Å²) in [6.07, 6.45) is 0. The van der Waals surface area contributed by atoms with Crippen LogP contribution >= 0.6 is 0 Å². The molecule has 0 unspecified atom stereocenters. The number of carbonyl (C=O) groups is 2. The van der Waals surface area contributed by atoms with Crippen LogP contribution in [0.1, 0.15) is 10.4 Å². The normalized spacial score (nSPS) is 10.9. The monoisotopic (exact) mass is 441 g/mol. The van der Waals surface area contributed by atoms with Crippen molar-refractivity contribution in [2.24, 2.45) is 0 Å². The van der Waals surface area contributed by atoms with Gasteiger partial charge in [-0.05, 0) is 54.6 Å². The van der Waals surface area contributed by atoms with Gasteiger partial charge in [0.1, 0.15) is 5.82 Å². The van der Waals surface area contributed by atoms with Crippen LogP contribution in [0.2, 0.25) is 0 Å². The molecular weight excluding hydrogens is 421 g/mol. The summed E-state index contributed by atoms with van der Waals surface area (Å²) in [5.41, 5.74) is 0.928. The highest BCUT2D eigenvalue weighted by Crippen LogP contribution is 2.17. The number of nitrogens with zero attached hydrogens (tertiary/aromatic N) is 1. The second-order valence-corrected chi connectivity index (χ2v) is 8.40. The van der Waals surface area contributed by atoms with Crippen molar-refractivity contribution in [2.45, 2.75) is 4.90 Å². The molecule has 0 atom stereocenters. The SMILES string of the molecule is CN(CC(=O)Nc1cccc(F)c1)C(=O)c1ccc(S(=O)(=O)Nc2ccccc2)cc1. The summed E-state index contributed by atoms with van der Waals surface area (Å²) in [6.45, 7) is -0.259. The lowest BCUT2D eigenvalue weighted by Crippen LogP contribution is -2.35. The second kappa shape index (κ2) is 9.40. The highest BCUT2D eigenvalue weighted by molar-refractivity contribution is 7.92. The molecule has 0 spiro atoms. The zero-order valence-corrected chi connectivity index (χ0v) is 17.4. The van der Waals surface area contributed by atoms with Crippen LogP contribution < -0.4 is 10.0 Å². The van der Waals surface area contributed by atoms with Crippen LogP contribution in [-0.4, -0.2) is 38.7 Å². The number of likely N-dealkylation sites (N-methyl/N-ethyl adjacent to an activating group) is 1. The molecule has 0 aliphatic heterocycles. The van der Waals surface area contributed by atoms with Crippen LogP contribution in [-0.2, 0) is 14.8 Å². The van der Waals surface area contributed by atoms with Gasteiger partial charge in [0, 0.05) is 24.0 Å². The van der Waals surface area contributed by atoms with E-state index in [0.717, 1.165) is 0 Å². The first kappa shape index (κ1) is 22.0. The van der Waals surface area contributed by atoms with E-state index in [1.807, 2.05) is 0 Å². The molecule has 0 aromatic heterocycles. The number of hydrogen-bond acceptors (Lipinski definition) is 4. The third kappa shape index (κ3) is 5.89. The molecule has 0 bridgehead atoms. The van der Waals surface area contributed by atoms with Gasteiger partial charge in [0.2, 0.25) is 5.91 Å². The molecule has 0 fully saturated rings. The van der Waals surface area contributed by atoms with Gasteiger partial charge < -0.3 is 10.2 Å². The number of benzene rings is 3. The number of para-hydroxylation sites is 1. The molecule has 0 radical (unpaired) electrons. The highest BCUT2D eigenvalue weighted by Gasteiger charge is 2.18. The van der Waals surface area contributed by atoms with E-state index in [2.05, 4.69) is 10.0 Å². The molecule has 2 N–H and O–H groups in total. The Kier molecular flexibility index (Phi) is 6.66. The number of nitrogens with one attached hydrogen (secondary N) is 2. The van der Waals surface area contributed by atoms with Crippen molar-refractivity contribution in [3.8, 4) is 0 Å². The highest BCUT2D eigenvalue weighted by atomic mass is 32.2. The molecule has 0 aliphatic rings. The topological polar surface area (TPSA) is 95.6 Å². The Morgan fingerprint density at radius 1 is 0.903 bits per heavy atom. The summed E-state index contributed by atoms with van der Waals surface area (Å²) >= 11 is 0. The van der Waals surface area contributed by atoms with Gasteiger partial charge in [-0.2, -0.15) is 0 Å². The van der Waals surface area contributed by atoms with Crippen LogP contribution in [0.5, 0.6) is 0 Å². The zero-order valence-electron chi connectivity index (χ0n) is 16.6. The lowest BCUT2D eigenvalue weighted by atomic mass is 10.2. The smallest absolute Gasteiger partial charge is 0.261 e. The average molecular weight is 441 g/mol. The number of carbonyl (C=O) groups excluding carboxylic acids is 2. The molecule has 0 heterocycles. The molecule has 0 aliphatic carbocycles. The van der Waals surface area contributed by atoms with Crippen LogP contribution in [0.3, 0.4) is 0 Å². The maximum atomic E-state index is 13.2. The van der Waals surface area contributed by atoms with E-state index in [4.69, 9.17) is 0 Å². The molecule has 31 heavy (non-hydrogen) atoms. The van der Waals surface area contributed by atoms with Gasteiger partial charge in [-0.3, -0.25) is 14.3 Å². The minimum atomic E-state index is -3.80. The molecule has 3 aromatic rings. The first-order chi connectivity index (χ1) is 14.7. The van der Waals surface area contributed by atoms with E-state index in [9.17, 15) is 22.4 Å². The minimum Gasteiger partial charge on any atom is -0.332 e. The molecule has 0 saturated carbocycles. The predicted octanol–water partition coefficient (Wildman–Crippen LogP) is 3.34. The van der Waals surface area contributed by atoms with Gasteiger partial charge >= 0.3 is 0 Å².